The molecule has 1 heterocycles. The number of nitrogens with two attached hydrogens (primary N) is 1. The maximum atomic E-state index is 11.8. The number of hydrogen-bond acceptors (Lipinski definition) is 4. The van der Waals surface area contributed by atoms with Crippen molar-refractivity contribution < 1.29 is 9.15 Å². The number of hydrogen-bond donors (Lipinski definition) is 2. The fraction of sp³-hybridized carbons (Fsp3) is 0.286. The molecule has 0 atom stereocenters. The zero-order valence-corrected chi connectivity index (χ0v) is 12.8. The van der Waals surface area contributed by atoms with Gasteiger partial charge in [-0.1, -0.05) is 29.8 Å². The molecule has 1 aromatic heterocycles. The van der Waals surface area contributed by atoms with Gasteiger partial charge in [0.15, 0.2) is 5.11 Å². The standard InChI is InChI=1S/C14H15ClN2O3S/c15-11-9-5-1-2-6-10(9)12(18)20-13(11)19-8-4-3-7-17-14(16)21/h1-2,5-6H,3-4,7-8H2,(H3,16,17,21). The summed E-state index contributed by atoms with van der Waals surface area (Å²) < 4.78 is 10.5. The van der Waals surface area contributed by atoms with E-state index >= 15 is 0 Å². The summed E-state index contributed by atoms with van der Waals surface area (Å²) >= 11 is 10.9. The predicted molar refractivity (Wildman–Crippen MR) is 87.0 cm³/mol. The molecule has 0 radical (unpaired) electrons. The monoisotopic (exact) mass is 326 g/mol. The fourth-order valence-corrected chi connectivity index (χ4v) is 2.20. The smallest absolute Gasteiger partial charge is 0.346 e. The van der Waals surface area contributed by atoms with Crippen molar-refractivity contribution in [3.63, 3.8) is 0 Å². The first-order chi connectivity index (χ1) is 10.1. The lowest BCUT2D eigenvalue weighted by atomic mass is 10.2. The molecule has 3 N–H and O–H groups in total. The van der Waals surface area contributed by atoms with Crippen LogP contribution in [0.15, 0.2) is 33.5 Å². The van der Waals surface area contributed by atoms with Crippen LogP contribution in [0, 0.1) is 0 Å². The Hall–Kier alpha value is -1.79. The van der Waals surface area contributed by atoms with E-state index < -0.39 is 5.63 Å². The van der Waals surface area contributed by atoms with Crippen molar-refractivity contribution in [2.75, 3.05) is 13.2 Å². The highest BCUT2D eigenvalue weighted by Crippen LogP contribution is 2.30. The first-order valence-electron chi connectivity index (χ1n) is 6.47. The number of unbranched alkanes of at least 4 members (excludes halogenated alkanes) is 1. The number of nitrogens with one attached hydrogen (secondary N) is 1. The third-order valence-electron chi connectivity index (χ3n) is 2.85. The van der Waals surface area contributed by atoms with Crippen LogP contribution >= 0.6 is 23.8 Å². The zero-order valence-electron chi connectivity index (χ0n) is 11.2. The maximum absolute atomic E-state index is 11.8. The van der Waals surface area contributed by atoms with E-state index in [0.29, 0.717) is 28.9 Å². The zero-order chi connectivity index (χ0) is 15.2. The maximum Gasteiger partial charge on any atom is 0.346 e. The van der Waals surface area contributed by atoms with Gasteiger partial charge in [-0.2, -0.15) is 0 Å². The first kappa shape index (κ1) is 15.6. The van der Waals surface area contributed by atoms with Gasteiger partial charge < -0.3 is 20.2 Å². The van der Waals surface area contributed by atoms with Gasteiger partial charge in [0, 0.05) is 11.9 Å². The molecule has 0 aliphatic carbocycles. The second-order valence-corrected chi connectivity index (χ2v) is 5.20. The van der Waals surface area contributed by atoms with Gasteiger partial charge in [-0.15, -0.1) is 0 Å². The molecule has 0 saturated heterocycles. The van der Waals surface area contributed by atoms with E-state index in [-0.39, 0.29) is 11.1 Å². The molecule has 0 aliphatic rings. The Bertz CT molecular complexity index is 702. The second-order valence-electron chi connectivity index (χ2n) is 4.38. The third-order valence-corrected chi connectivity index (χ3v) is 3.35. The van der Waals surface area contributed by atoms with Gasteiger partial charge >= 0.3 is 11.6 Å². The van der Waals surface area contributed by atoms with Gasteiger partial charge in [-0.25, -0.2) is 4.79 Å². The molecule has 112 valence electrons. The Morgan fingerprint density at radius 2 is 2.05 bits per heavy atom. The number of halogens is 1. The molecule has 0 fully saturated rings. The number of fused-ring (bicyclic) bond motifs is 1. The average molecular weight is 327 g/mol. The number of benzene rings is 1. The third kappa shape index (κ3) is 4.09. The molecule has 0 unspecified atom stereocenters. The lowest BCUT2D eigenvalue weighted by Crippen LogP contribution is -2.29. The predicted octanol–water partition coefficient (Wildman–Crippen LogP) is 2.44. The summed E-state index contributed by atoms with van der Waals surface area (Å²) in [6, 6.07) is 6.98. The number of rotatable bonds is 6. The van der Waals surface area contributed by atoms with E-state index in [1.165, 1.54) is 0 Å². The summed E-state index contributed by atoms with van der Waals surface area (Å²) in [5.74, 6) is 0.0580. The SMILES string of the molecule is NC(=S)NCCCCOc1oc(=O)c2ccccc2c1Cl. The highest BCUT2D eigenvalue weighted by molar-refractivity contribution is 7.80. The molecule has 0 aliphatic heterocycles. The molecule has 0 saturated carbocycles. The van der Waals surface area contributed by atoms with Crippen molar-refractivity contribution in [3.8, 4) is 5.95 Å². The lowest BCUT2D eigenvalue weighted by molar-refractivity contribution is 0.227. The van der Waals surface area contributed by atoms with E-state index in [9.17, 15) is 4.79 Å². The van der Waals surface area contributed by atoms with Crippen molar-refractivity contribution in [1.29, 1.82) is 0 Å². The molecule has 0 bridgehead atoms. The molecule has 0 amide bonds. The molecule has 21 heavy (non-hydrogen) atoms. The molecule has 1 aromatic carbocycles. The first-order valence-corrected chi connectivity index (χ1v) is 7.25. The van der Waals surface area contributed by atoms with Crippen molar-refractivity contribution in [2.45, 2.75) is 12.8 Å². The van der Waals surface area contributed by atoms with Crippen LogP contribution < -0.4 is 21.4 Å². The number of ether oxygens (including phenoxy) is 1. The largest absolute Gasteiger partial charge is 0.464 e. The molecular weight excluding hydrogens is 312 g/mol. The van der Waals surface area contributed by atoms with E-state index in [1.807, 2.05) is 0 Å². The van der Waals surface area contributed by atoms with Crippen molar-refractivity contribution in [3.05, 3.63) is 39.7 Å². The van der Waals surface area contributed by atoms with Gasteiger partial charge in [0.2, 0.25) is 0 Å². The van der Waals surface area contributed by atoms with Crippen LogP contribution in [0.3, 0.4) is 0 Å². The molecule has 7 heteroatoms. The highest BCUT2D eigenvalue weighted by atomic mass is 35.5. The minimum absolute atomic E-state index is 0.0580. The van der Waals surface area contributed by atoms with Crippen LogP contribution in [0.25, 0.3) is 10.8 Å². The van der Waals surface area contributed by atoms with Crippen molar-refractivity contribution >= 4 is 39.7 Å². The quantitative estimate of drug-likeness (QED) is 0.627. The van der Waals surface area contributed by atoms with E-state index in [0.717, 1.165) is 12.8 Å². The molecule has 2 aromatic rings. The highest BCUT2D eigenvalue weighted by Gasteiger charge is 2.12. The van der Waals surface area contributed by atoms with Crippen LogP contribution in [0.1, 0.15) is 12.8 Å². The summed E-state index contributed by atoms with van der Waals surface area (Å²) in [5.41, 5.74) is 4.85. The Labute approximate surface area is 132 Å². The molecular formula is C14H15ClN2O3S. The van der Waals surface area contributed by atoms with Crippen LogP contribution in [-0.4, -0.2) is 18.3 Å². The van der Waals surface area contributed by atoms with Crippen molar-refractivity contribution in [1.82, 2.24) is 5.32 Å². The van der Waals surface area contributed by atoms with Gasteiger partial charge in [-0.05, 0) is 31.1 Å². The van der Waals surface area contributed by atoms with E-state index in [1.54, 1.807) is 24.3 Å². The van der Waals surface area contributed by atoms with Crippen LogP contribution in [0.2, 0.25) is 5.02 Å². The summed E-state index contributed by atoms with van der Waals surface area (Å²) in [6.07, 6.45) is 1.58. The Morgan fingerprint density at radius 3 is 2.76 bits per heavy atom. The Balaban J connectivity index is 1.98. The van der Waals surface area contributed by atoms with Gasteiger partial charge in [0.25, 0.3) is 0 Å². The normalized spacial score (nSPS) is 10.5. The summed E-state index contributed by atoms with van der Waals surface area (Å²) in [6.45, 7) is 1.06. The lowest BCUT2D eigenvalue weighted by Gasteiger charge is -2.08. The fourth-order valence-electron chi connectivity index (χ4n) is 1.84. The summed E-state index contributed by atoms with van der Waals surface area (Å²) in [5, 5.41) is 4.50. The molecule has 2 rings (SSSR count). The number of thiocarbonyl (C=S) groups is 1. The molecule has 0 spiro atoms. The summed E-state index contributed by atoms with van der Waals surface area (Å²) in [7, 11) is 0. The van der Waals surface area contributed by atoms with Crippen molar-refractivity contribution in [2.24, 2.45) is 5.73 Å². The second kappa shape index (κ2) is 7.28. The Kier molecular flexibility index (Phi) is 5.41. The van der Waals surface area contributed by atoms with Crippen LogP contribution in [-0.2, 0) is 0 Å². The van der Waals surface area contributed by atoms with Crippen LogP contribution in [0.4, 0.5) is 0 Å². The van der Waals surface area contributed by atoms with Gasteiger partial charge in [0.1, 0.15) is 5.02 Å². The Morgan fingerprint density at radius 1 is 1.33 bits per heavy atom. The van der Waals surface area contributed by atoms with Gasteiger partial charge in [0.05, 0.1) is 12.0 Å². The minimum atomic E-state index is -0.458. The average Bonchev–Trinajstić information content (AvgIpc) is 2.47. The summed E-state index contributed by atoms with van der Waals surface area (Å²) in [4.78, 5) is 11.8. The minimum Gasteiger partial charge on any atom is -0.464 e. The topological polar surface area (TPSA) is 77.5 Å². The van der Waals surface area contributed by atoms with Crippen LogP contribution in [0.5, 0.6) is 5.95 Å². The molecule has 5 nitrogen and oxygen atoms in total. The van der Waals surface area contributed by atoms with E-state index in [4.69, 9.17) is 38.7 Å². The van der Waals surface area contributed by atoms with Gasteiger partial charge in [-0.3, -0.25) is 0 Å². The van der Waals surface area contributed by atoms with E-state index in [2.05, 4.69) is 5.32 Å².